The average molecular weight is 164 g/mol. The van der Waals surface area contributed by atoms with Crippen LogP contribution in [0.4, 0.5) is 11.4 Å². The molecule has 2 nitrogen and oxygen atoms in total. The van der Waals surface area contributed by atoms with Crippen molar-refractivity contribution in [1.82, 2.24) is 0 Å². The lowest BCUT2D eigenvalue weighted by Crippen LogP contribution is -2.14. The molecule has 1 aromatic carbocycles. The summed E-state index contributed by atoms with van der Waals surface area (Å²) in [6, 6.07) is 8.32. The Morgan fingerprint density at radius 2 is 2.08 bits per heavy atom. The lowest BCUT2D eigenvalue weighted by molar-refractivity contribution is 0.764. The molecule has 1 atom stereocenters. The zero-order chi connectivity index (χ0) is 8.97. The molecule has 0 saturated carbocycles. The Labute approximate surface area is 73.8 Å². The third-order valence-corrected chi connectivity index (χ3v) is 1.98. The summed E-state index contributed by atoms with van der Waals surface area (Å²) in [4.78, 5) is 0. The molecule has 2 heteroatoms. The molecule has 0 radical (unpaired) electrons. The van der Waals surface area contributed by atoms with Crippen LogP contribution in [0.5, 0.6) is 0 Å². The molecule has 0 aromatic heterocycles. The van der Waals surface area contributed by atoms with Crippen molar-refractivity contribution in [3.8, 4) is 0 Å². The van der Waals surface area contributed by atoms with E-state index in [1.807, 2.05) is 24.3 Å². The Bertz CT molecular complexity index is 245. The average Bonchev–Trinajstić information content (AvgIpc) is 2.09. The molecule has 0 saturated heterocycles. The molecule has 0 aliphatic rings. The summed E-state index contributed by atoms with van der Waals surface area (Å²) in [5.41, 5.74) is 7.61. The highest BCUT2D eigenvalue weighted by Gasteiger charge is 2.00. The largest absolute Gasteiger partial charge is 0.397 e. The number of benzene rings is 1. The van der Waals surface area contributed by atoms with Crippen LogP contribution in [-0.2, 0) is 0 Å². The highest BCUT2D eigenvalue weighted by atomic mass is 14.9. The van der Waals surface area contributed by atoms with Crippen molar-refractivity contribution in [3.63, 3.8) is 0 Å². The predicted octanol–water partition coefficient (Wildman–Crippen LogP) is 2.48. The van der Waals surface area contributed by atoms with Gasteiger partial charge in [0.15, 0.2) is 0 Å². The first kappa shape index (κ1) is 8.91. The van der Waals surface area contributed by atoms with E-state index < -0.39 is 0 Å². The van der Waals surface area contributed by atoms with Crippen molar-refractivity contribution in [2.75, 3.05) is 11.1 Å². The van der Waals surface area contributed by atoms with E-state index >= 15 is 0 Å². The molecule has 3 N–H and O–H groups in total. The Morgan fingerprint density at radius 1 is 1.42 bits per heavy atom. The van der Waals surface area contributed by atoms with Gasteiger partial charge < -0.3 is 11.1 Å². The first-order valence-electron chi connectivity index (χ1n) is 4.35. The van der Waals surface area contributed by atoms with Gasteiger partial charge in [0.05, 0.1) is 11.4 Å². The van der Waals surface area contributed by atoms with Gasteiger partial charge in [-0.1, -0.05) is 19.1 Å². The third kappa shape index (κ3) is 2.16. The standard InChI is InChI=1S/C10H16N2/c1-3-8(2)12-10-7-5-4-6-9(10)11/h4-8,12H,3,11H2,1-2H3. The highest BCUT2D eigenvalue weighted by molar-refractivity contribution is 5.65. The summed E-state index contributed by atoms with van der Waals surface area (Å²) in [6.07, 6.45) is 1.11. The van der Waals surface area contributed by atoms with Gasteiger partial charge in [-0.25, -0.2) is 0 Å². The zero-order valence-corrected chi connectivity index (χ0v) is 7.67. The number of nitrogens with one attached hydrogen (secondary N) is 1. The number of para-hydroxylation sites is 2. The second kappa shape index (κ2) is 4.00. The number of nitrogen functional groups attached to an aromatic ring is 1. The van der Waals surface area contributed by atoms with Crippen LogP contribution in [0.15, 0.2) is 24.3 Å². The van der Waals surface area contributed by atoms with Crippen LogP contribution < -0.4 is 11.1 Å². The number of rotatable bonds is 3. The molecule has 0 aliphatic heterocycles. The maximum Gasteiger partial charge on any atom is 0.0575 e. The fourth-order valence-corrected chi connectivity index (χ4v) is 0.996. The number of hydrogen-bond donors (Lipinski definition) is 2. The molecule has 12 heavy (non-hydrogen) atoms. The van der Waals surface area contributed by atoms with Crippen molar-refractivity contribution in [3.05, 3.63) is 24.3 Å². The van der Waals surface area contributed by atoms with Crippen molar-refractivity contribution < 1.29 is 0 Å². The monoisotopic (exact) mass is 164 g/mol. The van der Waals surface area contributed by atoms with Gasteiger partial charge in [-0.3, -0.25) is 0 Å². The van der Waals surface area contributed by atoms with Crippen molar-refractivity contribution in [2.24, 2.45) is 0 Å². The second-order valence-electron chi connectivity index (χ2n) is 3.04. The molecule has 1 rings (SSSR count). The fraction of sp³-hybridized carbons (Fsp3) is 0.400. The summed E-state index contributed by atoms with van der Waals surface area (Å²) in [5, 5.41) is 3.33. The summed E-state index contributed by atoms with van der Waals surface area (Å²) in [7, 11) is 0. The molecule has 0 spiro atoms. The molecular formula is C10H16N2. The van der Waals surface area contributed by atoms with Crippen LogP contribution in [0.25, 0.3) is 0 Å². The van der Waals surface area contributed by atoms with Crippen LogP contribution in [0.2, 0.25) is 0 Å². The third-order valence-electron chi connectivity index (χ3n) is 1.98. The van der Waals surface area contributed by atoms with Gasteiger partial charge in [0.25, 0.3) is 0 Å². The van der Waals surface area contributed by atoms with Crippen molar-refractivity contribution in [1.29, 1.82) is 0 Å². The SMILES string of the molecule is CCC(C)Nc1ccccc1N. The minimum absolute atomic E-state index is 0.481. The van der Waals surface area contributed by atoms with Crippen molar-refractivity contribution in [2.45, 2.75) is 26.3 Å². The van der Waals surface area contributed by atoms with Gasteiger partial charge in [0.1, 0.15) is 0 Å². The van der Waals surface area contributed by atoms with Gasteiger partial charge in [-0.2, -0.15) is 0 Å². The molecule has 1 unspecified atom stereocenters. The molecule has 1 aromatic rings. The van der Waals surface area contributed by atoms with E-state index in [0.29, 0.717) is 6.04 Å². The van der Waals surface area contributed by atoms with Crippen LogP contribution in [0.1, 0.15) is 20.3 Å². The van der Waals surface area contributed by atoms with Gasteiger partial charge in [-0.05, 0) is 25.5 Å². The molecule has 0 heterocycles. The fourth-order valence-electron chi connectivity index (χ4n) is 0.996. The quantitative estimate of drug-likeness (QED) is 0.673. The molecule has 0 amide bonds. The summed E-state index contributed by atoms with van der Waals surface area (Å²) in [5.74, 6) is 0. The maximum absolute atomic E-state index is 5.76. The van der Waals surface area contributed by atoms with Gasteiger partial charge in [0.2, 0.25) is 0 Å². The van der Waals surface area contributed by atoms with Crippen molar-refractivity contribution >= 4 is 11.4 Å². The maximum atomic E-state index is 5.76. The van der Waals surface area contributed by atoms with Crippen LogP contribution in [0, 0.1) is 0 Å². The molecule has 66 valence electrons. The summed E-state index contributed by atoms with van der Waals surface area (Å²) < 4.78 is 0. The highest BCUT2D eigenvalue weighted by Crippen LogP contribution is 2.17. The second-order valence-corrected chi connectivity index (χ2v) is 3.04. The Kier molecular flexibility index (Phi) is 2.97. The van der Waals surface area contributed by atoms with Gasteiger partial charge >= 0.3 is 0 Å². The van der Waals surface area contributed by atoms with E-state index in [9.17, 15) is 0 Å². The number of nitrogens with two attached hydrogens (primary N) is 1. The molecule has 0 aliphatic carbocycles. The Hall–Kier alpha value is -1.18. The van der Waals surface area contributed by atoms with E-state index in [0.717, 1.165) is 17.8 Å². The minimum Gasteiger partial charge on any atom is -0.397 e. The minimum atomic E-state index is 0.481. The molecular weight excluding hydrogens is 148 g/mol. The van der Waals surface area contributed by atoms with Gasteiger partial charge in [0, 0.05) is 6.04 Å². The summed E-state index contributed by atoms with van der Waals surface area (Å²) in [6.45, 7) is 4.29. The smallest absolute Gasteiger partial charge is 0.0575 e. The van der Waals surface area contributed by atoms with Crippen LogP contribution in [-0.4, -0.2) is 6.04 Å². The van der Waals surface area contributed by atoms with Crippen LogP contribution in [0.3, 0.4) is 0 Å². The summed E-state index contributed by atoms with van der Waals surface area (Å²) >= 11 is 0. The van der Waals surface area contributed by atoms with Crippen LogP contribution >= 0.6 is 0 Å². The Balaban J connectivity index is 2.69. The number of hydrogen-bond acceptors (Lipinski definition) is 2. The van der Waals surface area contributed by atoms with E-state index in [4.69, 9.17) is 5.73 Å². The first-order valence-corrected chi connectivity index (χ1v) is 4.35. The zero-order valence-electron chi connectivity index (χ0n) is 7.67. The van der Waals surface area contributed by atoms with E-state index in [1.165, 1.54) is 0 Å². The van der Waals surface area contributed by atoms with E-state index in [2.05, 4.69) is 19.2 Å². The molecule has 0 fully saturated rings. The lowest BCUT2D eigenvalue weighted by atomic mass is 10.2. The first-order chi connectivity index (χ1) is 5.74. The predicted molar refractivity (Wildman–Crippen MR) is 54.2 cm³/mol. The molecule has 0 bridgehead atoms. The van der Waals surface area contributed by atoms with E-state index in [-0.39, 0.29) is 0 Å². The van der Waals surface area contributed by atoms with E-state index in [1.54, 1.807) is 0 Å². The Morgan fingerprint density at radius 3 is 2.67 bits per heavy atom. The number of anilines is 2. The van der Waals surface area contributed by atoms with Gasteiger partial charge in [-0.15, -0.1) is 0 Å². The lowest BCUT2D eigenvalue weighted by Gasteiger charge is -2.14. The normalized spacial score (nSPS) is 12.5. The topological polar surface area (TPSA) is 38.0 Å².